The van der Waals surface area contributed by atoms with Crippen LogP contribution in [0, 0.1) is 0 Å². The molecule has 0 aromatic carbocycles. The molecule has 5 heteroatoms. The third-order valence-electron chi connectivity index (χ3n) is 1.77. The van der Waals surface area contributed by atoms with E-state index in [1.54, 1.807) is 0 Å². The Morgan fingerprint density at radius 3 is 1.92 bits per heavy atom. The highest BCUT2D eigenvalue weighted by atomic mass is 79.9. The molecular weight excluding hydrogens is 260 g/mol. The lowest BCUT2D eigenvalue weighted by Crippen LogP contribution is -2.40. The van der Waals surface area contributed by atoms with Crippen LogP contribution in [0.15, 0.2) is 0 Å². The summed E-state index contributed by atoms with van der Waals surface area (Å²) in [5, 5.41) is 0. The van der Waals surface area contributed by atoms with Crippen LogP contribution in [0.4, 0.5) is 0 Å². The van der Waals surface area contributed by atoms with E-state index in [4.69, 9.17) is 8.85 Å². The fourth-order valence-electron chi connectivity index (χ4n) is 0.994. The zero-order valence-corrected chi connectivity index (χ0v) is 12.9. The van der Waals surface area contributed by atoms with Crippen molar-refractivity contribution in [1.82, 2.24) is 0 Å². The van der Waals surface area contributed by atoms with Crippen molar-refractivity contribution < 1.29 is 8.85 Å². The summed E-state index contributed by atoms with van der Waals surface area (Å²) in [6, 6.07) is 0. The Labute approximate surface area is 98.6 Å². The van der Waals surface area contributed by atoms with Gasteiger partial charge in [-0.25, -0.2) is 0 Å². The van der Waals surface area contributed by atoms with Gasteiger partial charge in [0.2, 0.25) is 0 Å². The molecule has 0 atom stereocenters. The Balaban J connectivity index is 3.84. The molecule has 0 bridgehead atoms. The third-order valence-corrected chi connectivity index (χ3v) is 11.4. The van der Waals surface area contributed by atoms with Crippen molar-refractivity contribution in [2.45, 2.75) is 37.4 Å². The van der Waals surface area contributed by atoms with Gasteiger partial charge < -0.3 is 21.7 Å². The first-order valence-electron chi connectivity index (χ1n) is 5.02. The van der Waals surface area contributed by atoms with Crippen LogP contribution in [0.25, 0.3) is 0 Å². The first-order valence-corrected chi connectivity index (χ1v) is 12.4. The van der Waals surface area contributed by atoms with Gasteiger partial charge in [-0.2, -0.15) is 0 Å². The number of rotatable bonds is 8. The summed E-state index contributed by atoms with van der Waals surface area (Å²) in [4.78, 5) is 0. The fraction of sp³-hybridized carbons (Fsp3) is 1.00. The molecule has 0 aliphatic heterocycles. The largest absolute Gasteiger partial charge is 0.471 e. The van der Waals surface area contributed by atoms with E-state index in [2.05, 4.69) is 33.3 Å². The normalized spacial score (nSPS) is 11.4. The molecule has 0 N–H and O–H groups in total. The van der Waals surface area contributed by atoms with Gasteiger partial charge in [0.05, 0.1) is 0 Å². The highest BCUT2D eigenvalue weighted by Crippen LogP contribution is 2.14. The highest BCUT2D eigenvalue weighted by molar-refractivity contribution is 9.23. The van der Waals surface area contributed by atoms with Gasteiger partial charge in [0, 0.05) is 13.2 Å². The molecule has 0 saturated carbocycles. The van der Waals surface area contributed by atoms with Crippen molar-refractivity contribution in [3.8, 4) is 0 Å². The summed E-state index contributed by atoms with van der Waals surface area (Å²) in [7, 11) is -1.78. The molecule has 0 rings (SSSR count). The lowest BCUT2D eigenvalue weighted by atomic mass is 10.5. The van der Waals surface area contributed by atoms with Gasteiger partial charge in [0.15, 0.2) is 0 Å². The van der Waals surface area contributed by atoms with Crippen LogP contribution in [0.1, 0.15) is 26.7 Å². The molecule has 0 aromatic heterocycles. The van der Waals surface area contributed by atoms with E-state index >= 15 is 0 Å². The summed E-state index contributed by atoms with van der Waals surface area (Å²) in [5.74, 6) is 0. The van der Waals surface area contributed by atoms with E-state index in [1.807, 2.05) is 0 Å². The van der Waals surface area contributed by atoms with E-state index in [9.17, 15) is 0 Å². The zero-order valence-electron chi connectivity index (χ0n) is 8.94. The first kappa shape index (κ1) is 14.4. The van der Waals surface area contributed by atoms with Crippen molar-refractivity contribution in [3.63, 3.8) is 0 Å². The molecule has 2 nitrogen and oxygen atoms in total. The van der Waals surface area contributed by atoms with Crippen LogP contribution in [0.3, 0.4) is 0 Å². The predicted octanol–water partition coefficient (Wildman–Crippen LogP) is 2.88. The molecule has 0 spiro atoms. The van der Waals surface area contributed by atoms with Crippen molar-refractivity contribution >= 4 is 39.6 Å². The van der Waals surface area contributed by atoms with Crippen LogP contribution >= 0.6 is 12.9 Å². The summed E-state index contributed by atoms with van der Waals surface area (Å²) in [5.41, 5.74) is 0. The van der Waals surface area contributed by atoms with Gasteiger partial charge in [-0.05, 0) is 19.4 Å². The summed E-state index contributed by atoms with van der Waals surface area (Å²) in [6.45, 7) is 8.18. The molecule has 0 aromatic rings. The highest BCUT2D eigenvalue weighted by Gasteiger charge is 2.29. The van der Waals surface area contributed by atoms with Gasteiger partial charge in [0.25, 0.3) is 0 Å². The van der Waals surface area contributed by atoms with Crippen LogP contribution in [-0.2, 0) is 8.85 Å². The van der Waals surface area contributed by atoms with Crippen molar-refractivity contribution in [3.05, 3.63) is 0 Å². The number of hydrogen-bond acceptors (Lipinski definition) is 2. The minimum atomic E-state index is -1.78. The Morgan fingerprint density at radius 1 is 1.15 bits per heavy atom. The minimum absolute atomic E-state index is 0.122. The maximum atomic E-state index is 5.84. The Kier molecular flexibility index (Phi) is 9.59. The maximum Gasteiger partial charge on any atom is 0.471 e. The SMILES string of the molecule is CCCO[Si](C)([CH2][Mg][Br])OCCC. The van der Waals surface area contributed by atoms with Crippen LogP contribution in [-0.4, -0.2) is 40.0 Å². The second-order valence-corrected chi connectivity index (χ2v) is 10.9. The zero-order chi connectivity index (χ0) is 10.2. The average molecular weight is 280 g/mol. The molecule has 0 saturated heterocycles. The fourth-order valence-corrected chi connectivity index (χ4v) is 11.4. The van der Waals surface area contributed by atoms with Gasteiger partial charge in [0.1, 0.15) is 0 Å². The molecule has 76 valence electrons. The molecular formula is C8H19BrMgO2Si. The van der Waals surface area contributed by atoms with E-state index in [-0.39, 0.29) is 18.2 Å². The first-order chi connectivity index (χ1) is 6.18. The Morgan fingerprint density at radius 2 is 1.62 bits per heavy atom. The van der Waals surface area contributed by atoms with Crippen molar-refractivity contribution in [2.24, 2.45) is 0 Å². The average Bonchev–Trinajstić information content (AvgIpc) is 2.12. The molecule has 0 fully saturated rings. The predicted molar refractivity (Wildman–Crippen MR) is 63.6 cm³/mol. The molecule has 0 aliphatic rings. The monoisotopic (exact) mass is 278 g/mol. The molecule has 0 heterocycles. The number of hydrogen-bond donors (Lipinski definition) is 0. The van der Waals surface area contributed by atoms with Gasteiger partial charge in [-0.15, -0.1) is 0 Å². The van der Waals surface area contributed by atoms with Crippen molar-refractivity contribution in [2.75, 3.05) is 13.2 Å². The Hall–Kier alpha value is 1.38. The second kappa shape index (κ2) is 8.67. The standard InChI is InChI=1S/C8H19O2Si.BrH.Mg/c1-5-7-9-11(3,4)10-8-6-2;;/h3,5-8H2,1-2,4H3;1H;/q;;+1/p-1. The lowest BCUT2D eigenvalue weighted by molar-refractivity contribution is 0.177. The Bertz CT molecular complexity index is 119. The quantitative estimate of drug-likeness (QED) is 0.636. The van der Waals surface area contributed by atoms with E-state index < -0.39 is 8.56 Å². The second-order valence-electron chi connectivity index (χ2n) is 3.27. The minimum Gasteiger partial charge on any atom is -0.396 e. The topological polar surface area (TPSA) is 18.5 Å². The van der Waals surface area contributed by atoms with E-state index in [1.165, 1.54) is 4.17 Å². The smallest absolute Gasteiger partial charge is 0.396 e. The van der Waals surface area contributed by atoms with Gasteiger partial charge in [-0.1, -0.05) is 18.0 Å². The van der Waals surface area contributed by atoms with Crippen LogP contribution < -0.4 is 0 Å². The molecule has 13 heavy (non-hydrogen) atoms. The summed E-state index contributed by atoms with van der Waals surface area (Å²) < 4.78 is 12.9. The maximum absolute atomic E-state index is 5.84. The molecule has 0 radical (unpaired) electrons. The van der Waals surface area contributed by atoms with Crippen molar-refractivity contribution in [1.29, 1.82) is 0 Å². The van der Waals surface area contributed by atoms with Gasteiger partial charge >= 0.3 is 26.8 Å². The molecule has 0 amide bonds. The molecule has 0 unspecified atom stereocenters. The number of halogens is 1. The summed E-state index contributed by atoms with van der Waals surface area (Å²) >= 11 is 3.46. The summed E-state index contributed by atoms with van der Waals surface area (Å²) in [6.07, 6.45) is 2.17. The van der Waals surface area contributed by atoms with Crippen LogP contribution in [0.5, 0.6) is 0 Å². The van der Waals surface area contributed by atoms with Gasteiger partial charge in [-0.3, -0.25) is 0 Å². The lowest BCUT2D eigenvalue weighted by Gasteiger charge is -2.26. The third kappa shape index (κ3) is 7.33. The van der Waals surface area contributed by atoms with E-state index in [0.29, 0.717) is 0 Å². The molecule has 0 aliphatic carbocycles. The van der Waals surface area contributed by atoms with Crippen LogP contribution in [0.2, 0.25) is 10.7 Å². The van der Waals surface area contributed by atoms with E-state index in [0.717, 1.165) is 26.1 Å².